The van der Waals surface area contributed by atoms with E-state index < -0.39 is 0 Å². The van der Waals surface area contributed by atoms with Gasteiger partial charge in [-0.3, -0.25) is 4.79 Å². The van der Waals surface area contributed by atoms with Crippen LogP contribution in [-0.4, -0.2) is 11.9 Å². The van der Waals surface area contributed by atoms with E-state index >= 15 is 0 Å². The molecule has 0 aliphatic carbocycles. The lowest BCUT2D eigenvalue weighted by Gasteiger charge is -2.22. The largest absolute Gasteiger partial charge is 0.380 e. The van der Waals surface area contributed by atoms with E-state index in [1.54, 1.807) is 11.3 Å². The van der Waals surface area contributed by atoms with Crippen molar-refractivity contribution in [3.63, 3.8) is 0 Å². The molecule has 0 bridgehead atoms. The van der Waals surface area contributed by atoms with Crippen molar-refractivity contribution in [3.05, 3.63) is 94.9 Å². The summed E-state index contributed by atoms with van der Waals surface area (Å²) in [4.78, 5) is 12.6. The van der Waals surface area contributed by atoms with Crippen molar-refractivity contribution in [1.29, 1.82) is 0 Å². The molecular weight excluding hydrogens is 438 g/mol. The molecular formula is C29H33N3OS. The molecule has 176 valence electrons. The van der Waals surface area contributed by atoms with Crippen molar-refractivity contribution in [2.24, 2.45) is 0 Å². The number of hydrogen-bond acceptors (Lipinski definition) is 4. The fourth-order valence-corrected chi connectivity index (χ4v) is 5.35. The summed E-state index contributed by atoms with van der Waals surface area (Å²) in [6, 6.07) is 24.9. The summed E-state index contributed by atoms with van der Waals surface area (Å²) in [6.07, 6.45) is 2.39. The minimum atomic E-state index is 0.0699. The summed E-state index contributed by atoms with van der Waals surface area (Å²) in [7, 11) is 0. The third-order valence-corrected chi connectivity index (χ3v) is 7.04. The molecule has 4 nitrogen and oxygen atoms in total. The van der Waals surface area contributed by atoms with Crippen molar-refractivity contribution in [3.8, 4) is 0 Å². The van der Waals surface area contributed by atoms with Crippen LogP contribution in [0, 0.1) is 6.92 Å². The number of benzene rings is 3. The van der Waals surface area contributed by atoms with Gasteiger partial charge in [-0.2, -0.15) is 0 Å². The third kappa shape index (κ3) is 6.17. The number of amides is 1. The van der Waals surface area contributed by atoms with Gasteiger partial charge in [-0.05, 0) is 53.6 Å². The van der Waals surface area contributed by atoms with E-state index in [0.717, 1.165) is 36.3 Å². The van der Waals surface area contributed by atoms with Crippen molar-refractivity contribution >= 4 is 38.7 Å². The first-order valence-corrected chi connectivity index (χ1v) is 12.9. The highest BCUT2D eigenvalue weighted by Crippen LogP contribution is 2.30. The molecule has 34 heavy (non-hydrogen) atoms. The van der Waals surface area contributed by atoms with Crippen LogP contribution in [0.15, 0.2) is 78.2 Å². The molecule has 0 radical (unpaired) electrons. The Morgan fingerprint density at radius 3 is 2.47 bits per heavy atom. The van der Waals surface area contributed by atoms with Gasteiger partial charge in [-0.15, -0.1) is 11.3 Å². The molecule has 1 aromatic heterocycles. The summed E-state index contributed by atoms with van der Waals surface area (Å²) in [5, 5.41) is 13.9. The minimum Gasteiger partial charge on any atom is -0.380 e. The van der Waals surface area contributed by atoms with Crippen LogP contribution in [0.3, 0.4) is 0 Å². The minimum absolute atomic E-state index is 0.0699. The second-order valence-corrected chi connectivity index (χ2v) is 9.62. The molecule has 5 heteroatoms. The Kier molecular flexibility index (Phi) is 8.21. The quantitative estimate of drug-likeness (QED) is 0.218. The molecule has 0 spiro atoms. The van der Waals surface area contributed by atoms with Crippen LogP contribution in [0.1, 0.15) is 42.9 Å². The van der Waals surface area contributed by atoms with E-state index in [-0.39, 0.29) is 11.9 Å². The molecule has 1 heterocycles. The molecule has 0 aliphatic heterocycles. The molecule has 0 fully saturated rings. The number of rotatable bonds is 11. The van der Waals surface area contributed by atoms with Crippen LogP contribution < -0.4 is 16.0 Å². The second kappa shape index (κ2) is 11.7. The molecule has 1 unspecified atom stereocenters. The highest BCUT2D eigenvalue weighted by molar-refractivity contribution is 7.17. The lowest BCUT2D eigenvalue weighted by molar-refractivity contribution is -0.121. The van der Waals surface area contributed by atoms with Crippen molar-refractivity contribution in [2.45, 2.75) is 52.2 Å². The number of fused-ring (bicyclic) bond motifs is 1. The van der Waals surface area contributed by atoms with Gasteiger partial charge in [0.25, 0.3) is 0 Å². The van der Waals surface area contributed by atoms with Crippen molar-refractivity contribution < 1.29 is 4.79 Å². The smallest absolute Gasteiger partial charge is 0.222 e. The van der Waals surface area contributed by atoms with Gasteiger partial charge in [0.15, 0.2) is 0 Å². The lowest BCUT2D eigenvalue weighted by atomic mass is 10.1. The Hall–Kier alpha value is -3.31. The van der Waals surface area contributed by atoms with Gasteiger partial charge in [-0.25, -0.2) is 0 Å². The summed E-state index contributed by atoms with van der Waals surface area (Å²) < 4.78 is 1.33. The van der Waals surface area contributed by atoms with Crippen molar-refractivity contribution in [2.75, 3.05) is 10.6 Å². The number of anilines is 2. The molecule has 3 aromatic carbocycles. The summed E-state index contributed by atoms with van der Waals surface area (Å²) in [5.41, 5.74) is 5.83. The Morgan fingerprint density at radius 2 is 1.68 bits per heavy atom. The molecule has 4 rings (SSSR count). The number of para-hydroxylation sites is 2. The fraction of sp³-hybridized carbons (Fsp3) is 0.276. The maximum atomic E-state index is 12.6. The normalized spacial score (nSPS) is 11.8. The first-order valence-electron chi connectivity index (χ1n) is 12.0. The standard InChI is InChI=1S/C29H33N3OS/c1-3-10-24(17-28(33)31-18-22-12-5-4-6-13-22)32-26-15-8-7-14-25(26)30-19-23-20-34-27-16-9-11-21(2)29(23)27/h4-9,11-16,20,24,30,32H,3,10,17-19H2,1-2H3,(H,31,33). The van der Waals surface area contributed by atoms with Gasteiger partial charge >= 0.3 is 0 Å². The molecule has 0 saturated carbocycles. The first kappa shape index (κ1) is 23.8. The van der Waals surface area contributed by atoms with Gasteiger partial charge in [-0.1, -0.05) is 67.9 Å². The predicted octanol–water partition coefficient (Wildman–Crippen LogP) is 7.11. The number of carbonyl (C=O) groups excluding carboxylic acids is 1. The van der Waals surface area contributed by atoms with Crippen LogP contribution in [0.4, 0.5) is 11.4 Å². The monoisotopic (exact) mass is 471 g/mol. The zero-order valence-electron chi connectivity index (χ0n) is 19.9. The van der Waals surface area contributed by atoms with Crippen LogP contribution in [0.2, 0.25) is 0 Å². The van der Waals surface area contributed by atoms with Crippen molar-refractivity contribution in [1.82, 2.24) is 5.32 Å². The molecule has 0 aliphatic rings. The number of aryl methyl sites for hydroxylation is 1. The van der Waals surface area contributed by atoms with E-state index in [0.29, 0.717) is 13.0 Å². The van der Waals surface area contributed by atoms with Gasteiger partial charge in [0, 0.05) is 35.6 Å². The van der Waals surface area contributed by atoms with Crippen LogP contribution in [-0.2, 0) is 17.9 Å². The van der Waals surface area contributed by atoms with E-state index in [1.165, 1.54) is 21.2 Å². The predicted molar refractivity (Wildman–Crippen MR) is 146 cm³/mol. The van der Waals surface area contributed by atoms with E-state index in [9.17, 15) is 4.79 Å². The highest BCUT2D eigenvalue weighted by atomic mass is 32.1. The summed E-state index contributed by atoms with van der Waals surface area (Å²) in [5.74, 6) is 0.0699. The Bertz CT molecular complexity index is 1220. The highest BCUT2D eigenvalue weighted by Gasteiger charge is 2.15. The maximum absolute atomic E-state index is 12.6. The van der Waals surface area contributed by atoms with E-state index in [1.807, 2.05) is 42.5 Å². The van der Waals surface area contributed by atoms with Gasteiger partial charge in [0.1, 0.15) is 0 Å². The van der Waals surface area contributed by atoms with E-state index in [4.69, 9.17) is 0 Å². The average molecular weight is 472 g/mol. The topological polar surface area (TPSA) is 53.2 Å². The number of hydrogen-bond donors (Lipinski definition) is 3. The average Bonchev–Trinajstić information content (AvgIpc) is 3.27. The number of carbonyl (C=O) groups is 1. The van der Waals surface area contributed by atoms with E-state index in [2.05, 4.69) is 65.5 Å². The van der Waals surface area contributed by atoms with Crippen LogP contribution in [0.5, 0.6) is 0 Å². The lowest BCUT2D eigenvalue weighted by Crippen LogP contribution is -2.31. The first-order chi connectivity index (χ1) is 16.6. The summed E-state index contributed by atoms with van der Waals surface area (Å²) >= 11 is 1.79. The van der Waals surface area contributed by atoms with Crippen LogP contribution in [0.25, 0.3) is 10.1 Å². The Labute approximate surface area is 206 Å². The fourth-order valence-electron chi connectivity index (χ4n) is 4.31. The molecule has 1 atom stereocenters. The molecule has 3 N–H and O–H groups in total. The van der Waals surface area contributed by atoms with Gasteiger partial charge < -0.3 is 16.0 Å². The molecule has 0 saturated heterocycles. The SMILES string of the molecule is CCCC(CC(=O)NCc1ccccc1)Nc1ccccc1NCc1csc2cccc(C)c12. The van der Waals surface area contributed by atoms with Crippen LogP contribution >= 0.6 is 11.3 Å². The Balaban J connectivity index is 1.40. The third-order valence-electron chi connectivity index (χ3n) is 6.04. The van der Waals surface area contributed by atoms with Gasteiger partial charge in [0.2, 0.25) is 5.91 Å². The number of thiophene rings is 1. The molecule has 4 aromatic rings. The second-order valence-electron chi connectivity index (χ2n) is 8.70. The Morgan fingerprint density at radius 1 is 0.912 bits per heavy atom. The van der Waals surface area contributed by atoms with Gasteiger partial charge in [0.05, 0.1) is 11.4 Å². The zero-order chi connectivity index (χ0) is 23.8. The maximum Gasteiger partial charge on any atom is 0.222 e. The molecule has 1 amide bonds. The zero-order valence-corrected chi connectivity index (χ0v) is 20.8. The summed E-state index contributed by atoms with van der Waals surface area (Å²) in [6.45, 7) is 5.65. The number of nitrogens with one attached hydrogen (secondary N) is 3.